The predicted octanol–water partition coefficient (Wildman–Crippen LogP) is 2.79. The van der Waals surface area contributed by atoms with Gasteiger partial charge in [0.25, 0.3) is 5.69 Å². The first-order valence-electron chi connectivity index (χ1n) is 6.29. The van der Waals surface area contributed by atoms with E-state index in [1.807, 2.05) is 13.8 Å². The predicted molar refractivity (Wildman–Crippen MR) is 75.8 cm³/mol. The number of fused-ring (bicyclic) bond motifs is 1. The summed E-state index contributed by atoms with van der Waals surface area (Å²) in [5.41, 5.74) is 2.62. The summed E-state index contributed by atoms with van der Waals surface area (Å²) in [6.07, 6.45) is 2.31. The number of nitro benzene ring substituents is 1. The van der Waals surface area contributed by atoms with Crippen LogP contribution < -0.4 is 0 Å². The van der Waals surface area contributed by atoms with E-state index in [9.17, 15) is 14.3 Å². The lowest BCUT2D eigenvalue weighted by Gasteiger charge is -2.05. The third-order valence-electron chi connectivity index (χ3n) is 3.37. The maximum Gasteiger partial charge on any atom is 0.270 e. The summed E-state index contributed by atoms with van der Waals surface area (Å²) in [6, 6.07) is 4.81. The van der Waals surface area contributed by atoms with Crippen LogP contribution in [0.3, 0.4) is 0 Å². The molecule has 0 amide bonds. The lowest BCUT2D eigenvalue weighted by atomic mass is 10.1. The molecule has 0 radical (unpaired) electrons. The van der Waals surface area contributed by atoms with Crippen LogP contribution in [0.25, 0.3) is 0 Å². The molecule has 0 saturated heterocycles. The zero-order chi connectivity index (χ0) is 14.0. The van der Waals surface area contributed by atoms with Crippen LogP contribution in [0.1, 0.15) is 37.8 Å². The summed E-state index contributed by atoms with van der Waals surface area (Å²) >= 11 is 0. The minimum atomic E-state index is -1.26. The molecule has 0 saturated carbocycles. The second-order valence-corrected chi connectivity index (χ2v) is 6.17. The minimum Gasteiger partial charge on any atom is -0.258 e. The van der Waals surface area contributed by atoms with Crippen LogP contribution in [-0.4, -0.2) is 20.1 Å². The van der Waals surface area contributed by atoms with Gasteiger partial charge in [0.1, 0.15) is 11.0 Å². The molecule has 0 heterocycles. The number of non-ortho nitro benzene ring substituents is 1. The molecule has 0 aromatic heterocycles. The van der Waals surface area contributed by atoms with Crippen LogP contribution in [0, 0.1) is 10.1 Å². The molecule has 2 atom stereocenters. The highest BCUT2D eigenvalue weighted by molar-refractivity contribution is 7.84. The lowest BCUT2D eigenvalue weighted by Crippen LogP contribution is -2.09. The number of nitrogens with zero attached hydrogens (tertiary/aromatic N) is 2. The van der Waals surface area contributed by atoms with Gasteiger partial charge < -0.3 is 0 Å². The van der Waals surface area contributed by atoms with Crippen molar-refractivity contribution in [2.45, 2.75) is 38.4 Å². The standard InChI is InChI=1S/C13H16N2O3S/c1-3-9(2)19(18)14-13-7-5-10-4-6-11(15(16)17)8-12(10)13/h4,6,8-9H,3,5,7H2,1-2H3/t9-,19?/m1/s1. The molecule has 1 unspecified atom stereocenters. The number of hydrogen-bond acceptors (Lipinski definition) is 3. The highest BCUT2D eigenvalue weighted by Gasteiger charge is 2.22. The van der Waals surface area contributed by atoms with E-state index in [0.717, 1.165) is 29.7 Å². The van der Waals surface area contributed by atoms with E-state index < -0.39 is 15.9 Å². The number of aryl methyl sites for hydroxylation is 1. The molecule has 0 spiro atoms. The van der Waals surface area contributed by atoms with Gasteiger partial charge in [0, 0.05) is 17.7 Å². The fraction of sp³-hybridized carbons (Fsp3) is 0.462. The van der Waals surface area contributed by atoms with Gasteiger partial charge in [-0.05, 0) is 31.7 Å². The second-order valence-electron chi connectivity index (χ2n) is 4.63. The molecule has 0 fully saturated rings. The molecule has 1 aromatic rings. The number of rotatable bonds is 4. The fourth-order valence-electron chi connectivity index (χ4n) is 1.99. The van der Waals surface area contributed by atoms with E-state index in [4.69, 9.17) is 0 Å². The van der Waals surface area contributed by atoms with Crippen molar-refractivity contribution in [1.82, 2.24) is 0 Å². The zero-order valence-electron chi connectivity index (χ0n) is 11.0. The van der Waals surface area contributed by atoms with Crippen LogP contribution in [0.5, 0.6) is 0 Å². The average Bonchev–Trinajstić information content (AvgIpc) is 2.80. The Hall–Kier alpha value is -1.56. The summed E-state index contributed by atoms with van der Waals surface area (Å²) < 4.78 is 16.2. The first kappa shape index (κ1) is 13.9. The highest BCUT2D eigenvalue weighted by Crippen LogP contribution is 2.27. The van der Waals surface area contributed by atoms with Crippen LogP contribution in [0.15, 0.2) is 22.6 Å². The van der Waals surface area contributed by atoms with Crippen LogP contribution in [0.2, 0.25) is 0 Å². The summed E-state index contributed by atoms with van der Waals surface area (Å²) in [4.78, 5) is 10.4. The monoisotopic (exact) mass is 280 g/mol. The maximum atomic E-state index is 11.9. The minimum absolute atomic E-state index is 0.00949. The maximum absolute atomic E-state index is 11.9. The van der Waals surface area contributed by atoms with Crippen molar-refractivity contribution >= 4 is 22.4 Å². The molecule has 1 aromatic carbocycles. The van der Waals surface area contributed by atoms with E-state index in [0.29, 0.717) is 6.42 Å². The first-order valence-corrected chi connectivity index (χ1v) is 7.46. The van der Waals surface area contributed by atoms with Crippen molar-refractivity contribution in [2.24, 2.45) is 4.40 Å². The Morgan fingerprint density at radius 3 is 2.84 bits per heavy atom. The third-order valence-corrected chi connectivity index (χ3v) is 4.79. The summed E-state index contributed by atoms with van der Waals surface area (Å²) in [5, 5.41) is 10.8. The highest BCUT2D eigenvalue weighted by atomic mass is 32.2. The van der Waals surface area contributed by atoms with Gasteiger partial charge in [0.05, 0.1) is 15.9 Å². The first-order chi connectivity index (χ1) is 9.02. The average molecular weight is 280 g/mol. The normalized spacial score (nSPS) is 19.2. The van der Waals surface area contributed by atoms with Gasteiger partial charge in [-0.2, -0.15) is 4.40 Å². The summed E-state index contributed by atoms with van der Waals surface area (Å²) in [7, 11) is -1.26. The smallest absolute Gasteiger partial charge is 0.258 e. The van der Waals surface area contributed by atoms with E-state index in [2.05, 4.69) is 4.40 Å². The van der Waals surface area contributed by atoms with Gasteiger partial charge >= 0.3 is 0 Å². The number of hydrogen-bond donors (Lipinski definition) is 0. The summed E-state index contributed by atoms with van der Waals surface area (Å²) in [6.45, 7) is 3.86. The van der Waals surface area contributed by atoms with Gasteiger partial charge in [-0.25, -0.2) is 4.21 Å². The van der Waals surface area contributed by atoms with Crippen molar-refractivity contribution in [3.8, 4) is 0 Å². The quantitative estimate of drug-likeness (QED) is 0.629. The summed E-state index contributed by atoms with van der Waals surface area (Å²) in [5.74, 6) is 0. The molecule has 0 aliphatic heterocycles. The Bertz CT molecular complexity index is 569. The van der Waals surface area contributed by atoms with Crippen molar-refractivity contribution in [2.75, 3.05) is 0 Å². The third kappa shape index (κ3) is 2.89. The molecule has 5 nitrogen and oxygen atoms in total. The van der Waals surface area contributed by atoms with Crippen molar-refractivity contribution < 1.29 is 9.13 Å². The Morgan fingerprint density at radius 2 is 2.21 bits per heavy atom. The topological polar surface area (TPSA) is 72.6 Å². The van der Waals surface area contributed by atoms with Crippen molar-refractivity contribution in [1.29, 1.82) is 0 Å². The molecule has 6 heteroatoms. The van der Waals surface area contributed by atoms with Crippen LogP contribution in [-0.2, 0) is 17.4 Å². The molecule has 102 valence electrons. The second kappa shape index (κ2) is 5.61. The number of benzene rings is 1. The Morgan fingerprint density at radius 1 is 1.47 bits per heavy atom. The number of nitro groups is 1. The van der Waals surface area contributed by atoms with E-state index in [1.165, 1.54) is 12.1 Å². The Labute approximate surface area is 114 Å². The zero-order valence-corrected chi connectivity index (χ0v) is 11.8. The van der Waals surface area contributed by atoms with Crippen LogP contribution in [0.4, 0.5) is 5.69 Å². The van der Waals surface area contributed by atoms with E-state index >= 15 is 0 Å². The Balaban J connectivity index is 2.35. The van der Waals surface area contributed by atoms with Crippen molar-refractivity contribution in [3.63, 3.8) is 0 Å². The lowest BCUT2D eigenvalue weighted by molar-refractivity contribution is -0.384. The molecule has 0 bridgehead atoms. The van der Waals surface area contributed by atoms with Gasteiger partial charge in [-0.15, -0.1) is 0 Å². The molecule has 1 aliphatic carbocycles. The van der Waals surface area contributed by atoms with Gasteiger partial charge in [0.15, 0.2) is 0 Å². The van der Waals surface area contributed by atoms with Gasteiger partial charge in [-0.1, -0.05) is 13.0 Å². The molecule has 1 aliphatic rings. The molecular weight excluding hydrogens is 264 g/mol. The SMILES string of the molecule is CC[C@@H](C)S(=O)N=C1CCc2ccc([N+](=O)[O-])cc21. The van der Waals surface area contributed by atoms with E-state index in [-0.39, 0.29) is 10.9 Å². The molecule has 0 N–H and O–H groups in total. The van der Waals surface area contributed by atoms with E-state index in [1.54, 1.807) is 6.07 Å². The van der Waals surface area contributed by atoms with Crippen molar-refractivity contribution in [3.05, 3.63) is 39.4 Å². The van der Waals surface area contributed by atoms with Gasteiger partial charge in [-0.3, -0.25) is 10.1 Å². The molecule has 19 heavy (non-hydrogen) atoms. The Kier molecular flexibility index (Phi) is 4.09. The largest absolute Gasteiger partial charge is 0.270 e. The van der Waals surface area contributed by atoms with Gasteiger partial charge in [0.2, 0.25) is 0 Å². The molecular formula is C13H16N2O3S. The molecule has 2 rings (SSSR count). The fourth-order valence-corrected chi connectivity index (χ4v) is 2.86. The van der Waals surface area contributed by atoms with Crippen LogP contribution >= 0.6 is 0 Å².